The van der Waals surface area contributed by atoms with Crippen molar-refractivity contribution in [2.24, 2.45) is 5.73 Å². The zero-order valence-corrected chi connectivity index (χ0v) is 6.64. The third-order valence-corrected chi connectivity index (χ3v) is 1.22. The lowest BCUT2D eigenvalue weighted by atomic mass is 10.3. The van der Waals surface area contributed by atoms with Crippen LogP contribution in [-0.4, -0.2) is 26.6 Å². The van der Waals surface area contributed by atoms with Crippen molar-refractivity contribution in [3.63, 3.8) is 0 Å². The van der Waals surface area contributed by atoms with E-state index >= 15 is 0 Å². The normalized spacial score (nSPS) is 8.92. The van der Waals surface area contributed by atoms with Gasteiger partial charge in [-0.3, -0.25) is 0 Å². The summed E-state index contributed by atoms with van der Waals surface area (Å²) in [5, 5.41) is 17.5. The maximum absolute atomic E-state index is 8.78. The molecule has 1 aromatic carbocycles. The van der Waals surface area contributed by atoms with Crippen molar-refractivity contribution in [3.05, 3.63) is 24.3 Å². The smallest absolute Gasteiger partial charge is 0.402 e. The fourth-order valence-electron chi connectivity index (χ4n) is 0.786. The van der Waals surface area contributed by atoms with Crippen molar-refractivity contribution in [2.45, 2.75) is 0 Å². The van der Waals surface area contributed by atoms with Crippen LogP contribution in [0.25, 0.3) is 11.0 Å². The topological polar surface area (TPSA) is 105 Å². The second-order valence-corrected chi connectivity index (χ2v) is 2.15. The van der Waals surface area contributed by atoms with Crippen molar-refractivity contribution >= 4 is 17.1 Å². The highest BCUT2D eigenvalue weighted by Gasteiger charge is 1.90. The molecule has 1 aromatic heterocycles. The predicted molar refractivity (Wildman–Crippen MR) is 46.1 cm³/mol. The van der Waals surface area contributed by atoms with Crippen LogP contribution in [0.3, 0.4) is 0 Å². The number of nitrogens with zero attached hydrogens (tertiary/aromatic N) is 2. The van der Waals surface area contributed by atoms with Gasteiger partial charge in [-0.15, -0.1) is 0 Å². The molecule has 0 aliphatic rings. The highest BCUT2D eigenvalue weighted by atomic mass is 16.4. The monoisotopic (exact) mass is 180 g/mol. The van der Waals surface area contributed by atoms with Crippen molar-refractivity contribution in [2.75, 3.05) is 0 Å². The highest BCUT2D eigenvalue weighted by molar-refractivity contribution is 5.72. The molecule has 1 amide bonds. The first kappa shape index (κ1) is 8.98. The van der Waals surface area contributed by atoms with Gasteiger partial charge < -0.3 is 10.8 Å². The molecule has 6 nitrogen and oxygen atoms in total. The molecule has 0 radical (unpaired) electrons. The summed E-state index contributed by atoms with van der Waals surface area (Å²) in [6.45, 7) is 0. The van der Waals surface area contributed by atoms with Crippen LogP contribution in [0.4, 0.5) is 4.79 Å². The number of amides is 1. The first-order valence-electron chi connectivity index (χ1n) is 3.44. The number of aromatic amines is 1. The van der Waals surface area contributed by atoms with Gasteiger partial charge in [0.2, 0.25) is 0 Å². The Morgan fingerprint density at radius 1 is 1.31 bits per heavy atom. The molecular formula is C7H8N4O2. The van der Waals surface area contributed by atoms with E-state index in [0.717, 1.165) is 11.0 Å². The molecule has 2 aromatic rings. The number of nitrogens with one attached hydrogen (secondary N) is 1. The average Bonchev–Trinajstić information content (AvgIpc) is 2.49. The molecule has 0 spiro atoms. The summed E-state index contributed by atoms with van der Waals surface area (Å²) in [6.07, 6.45) is -1.33. The lowest BCUT2D eigenvalue weighted by Gasteiger charge is -1.78. The van der Waals surface area contributed by atoms with E-state index < -0.39 is 6.09 Å². The van der Waals surface area contributed by atoms with E-state index in [1.807, 2.05) is 24.3 Å². The molecule has 68 valence electrons. The number of carboxylic acid groups (broad SMARTS) is 1. The molecule has 0 saturated heterocycles. The van der Waals surface area contributed by atoms with Crippen LogP contribution in [0.15, 0.2) is 24.3 Å². The minimum atomic E-state index is -1.33. The molecule has 0 saturated carbocycles. The van der Waals surface area contributed by atoms with Crippen LogP contribution < -0.4 is 5.73 Å². The quantitative estimate of drug-likeness (QED) is 0.551. The summed E-state index contributed by atoms with van der Waals surface area (Å²) in [6, 6.07) is 7.70. The van der Waals surface area contributed by atoms with Crippen LogP contribution in [0.5, 0.6) is 0 Å². The number of para-hydroxylation sites is 2. The Hall–Kier alpha value is -2.11. The predicted octanol–water partition coefficient (Wildman–Crippen LogP) is 0.581. The number of benzene rings is 1. The van der Waals surface area contributed by atoms with Crippen LogP contribution in [0.1, 0.15) is 0 Å². The summed E-state index contributed by atoms with van der Waals surface area (Å²) >= 11 is 0. The van der Waals surface area contributed by atoms with E-state index in [2.05, 4.69) is 21.1 Å². The minimum absolute atomic E-state index is 0.914. The van der Waals surface area contributed by atoms with E-state index in [1.165, 1.54) is 0 Å². The van der Waals surface area contributed by atoms with Crippen molar-refractivity contribution in [1.29, 1.82) is 0 Å². The van der Waals surface area contributed by atoms with E-state index in [4.69, 9.17) is 9.90 Å². The Morgan fingerprint density at radius 2 is 1.69 bits per heavy atom. The number of rotatable bonds is 0. The van der Waals surface area contributed by atoms with Gasteiger partial charge in [-0.2, -0.15) is 15.4 Å². The summed E-state index contributed by atoms with van der Waals surface area (Å²) in [5.74, 6) is 0. The summed E-state index contributed by atoms with van der Waals surface area (Å²) in [4.78, 5) is 8.78. The maximum atomic E-state index is 8.78. The molecule has 0 atom stereocenters. The van der Waals surface area contributed by atoms with Gasteiger partial charge in [0.15, 0.2) is 0 Å². The van der Waals surface area contributed by atoms with Crippen molar-refractivity contribution < 1.29 is 9.90 Å². The lowest BCUT2D eigenvalue weighted by molar-refractivity contribution is 0.205. The van der Waals surface area contributed by atoms with Crippen LogP contribution in [-0.2, 0) is 0 Å². The van der Waals surface area contributed by atoms with Crippen LogP contribution in [0.2, 0.25) is 0 Å². The molecule has 0 fully saturated rings. The van der Waals surface area contributed by atoms with Gasteiger partial charge in [0.1, 0.15) is 11.0 Å². The van der Waals surface area contributed by atoms with Gasteiger partial charge in [-0.25, -0.2) is 4.79 Å². The molecule has 0 aliphatic carbocycles. The number of nitrogens with two attached hydrogens (primary N) is 1. The van der Waals surface area contributed by atoms with E-state index in [9.17, 15) is 0 Å². The fourth-order valence-corrected chi connectivity index (χ4v) is 0.786. The summed E-state index contributed by atoms with van der Waals surface area (Å²) < 4.78 is 0. The number of fused-ring (bicyclic) bond motifs is 1. The molecule has 4 N–H and O–H groups in total. The van der Waals surface area contributed by atoms with Gasteiger partial charge in [0.05, 0.1) is 0 Å². The van der Waals surface area contributed by atoms with Gasteiger partial charge in [0, 0.05) is 0 Å². The number of aromatic nitrogens is 3. The second kappa shape index (κ2) is 4.05. The number of hydrogen-bond acceptors (Lipinski definition) is 3. The van der Waals surface area contributed by atoms with E-state index in [0.29, 0.717) is 0 Å². The number of hydrogen-bond donors (Lipinski definition) is 3. The van der Waals surface area contributed by atoms with Gasteiger partial charge in [-0.05, 0) is 12.1 Å². The standard InChI is InChI=1S/C6H5N3.CH3NO2/c1-2-4-6-5(3-1)7-9-8-6;2-1(3)4/h1-4H,(H,7,8,9);2H2,(H,3,4). The number of primary amides is 1. The fraction of sp³-hybridized carbons (Fsp3) is 0. The second-order valence-electron chi connectivity index (χ2n) is 2.15. The molecule has 6 heteroatoms. The molecule has 0 unspecified atom stereocenters. The Kier molecular flexibility index (Phi) is 2.80. The first-order valence-corrected chi connectivity index (χ1v) is 3.44. The van der Waals surface area contributed by atoms with Gasteiger partial charge >= 0.3 is 6.09 Å². The molecule has 1 heterocycles. The Morgan fingerprint density at radius 3 is 2.08 bits per heavy atom. The summed E-state index contributed by atoms with van der Waals surface area (Å²) in [5.41, 5.74) is 5.86. The minimum Gasteiger partial charge on any atom is -0.465 e. The molecular weight excluding hydrogens is 172 g/mol. The molecule has 0 aliphatic heterocycles. The Labute approximate surface area is 73.4 Å². The average molecular weight is 180 g/mol. The third kappa shape index (κ3) is 2.78. The highest BCUT2D eigenvalue weighted by Crippen LogP contribution is 2.03. The first-order chi connectivity index (χ1) is 6.20. The SMILES string of the molecule is NC(=O)O.c1ccc2n[nH]nc2c1. The van der Waals surface area contributed by atoms with Crippen LogP contribution >= 0.6 is 0 Å². The maximum Gasteiger partial charge on any atom is 0.402 e. The van der Waals surface area contributed by atoms with Crippen molar-refractivity contribution in [1.82, 2.24) is 15.4 Å². The van der Waals surface area contributed by atoms with Crippen molar-refractivity contribution in [3.8, 4) is 0 Å². The van der Waals surface area contributed by atoms with Gasteiger partial charge in [0.25, 0.3) is 0 Å². The number of H-pyrrole nitrogens is 1. The van der Waals surface area contributed by atoms with E-state index in [-0.39, 0.29) is 0 Å². The third-order valence-electron chi connectivity index (χ3n) is 1.22. The molecule has 2 rings (SSSR count). The van der Waals surface area contributed by atoms with Gasteiger partial charge in [-0.1, -0.05) is 12.1 Å². The number of carbonyl (C=O) groups is 1. The lowest BCUT2D eigenvalue weighted by Crippen LogP contribution is -2.03. The zero-order chi connectivity index (χ0) is 9.68. The molecule has 13 heavy (non-hydrogen) atoms. The van der Waals surface area contributed by atoms with Crippen LogP contribution in [0, 0.1) is 0 Å². The summed E-state index contributed by atoms with van der Waals surface area (Å²) in [7, 11) is 0. The van der Waals surface area contributed by atoms with E-state index in [1.54, 1.807) is 0 Å². The molecule has 0 bridgehead atoms. The Bertz CT molecular complexity index is 364. The largest absolute Gasteiger partial charge is 0.465 e. The Balaban J connectivity index is 0.000000184. The zero-order valence-electron chi connectivity index (χ0n) is 6.64.